The van der Waals surface area contributed by atoms with E-state index in [4.69, 9.17) is 9.73 Å². The van der Waals surface area contributed by atoms with E-state index < -0.39 is 11.6 Å². The van der Waals surface area contributed by atoms with Crippen LogP contribution in [0.25, 0.3) is 22.0 Å². The van der Waals surface area contributed by atoms with Gasteiger partial charge in [-0.2, -0.15) is 4.99 Å². The molecule has 0 radical (unpaired) electrons. The van der Waals surface area contributed by atoms with E-state index in [1.54, 1.807) is 32.4 Å². The number of methoxy groups -OCH3 is 1. The summed E-state index contributed by atoms with van der Waals surface area (Å²) in [6.07, 6.45) is 7.49. The molecule has 3 aromatic rings. The molecular weight excluding hydrogens is 474 g/mol. The maximum absolute atomic E-state index is 16.1. The Morgan fingerprint density at radius 3 is 2.70 bits per heavy atom. The van der Waals surface area contributed by atoms with Crippen molar-refractivity contribution in [3.05, 3.63) is 71.2 Å². The van der Waals surface area contributed by atoms with Crippen LogP contribution in [0, 0.1) is 18.6 Å². The molecule has 194 valence electrons. The third-order valence-electron chi connectivity index (χ3n) is 7.22. The molecule has 0 saturated carbocycles. The number of phenolic OH excluding ortho intramolecular Hbond substituents is 1. The number of halogens is 2. The van der Waals surface area contributed by atoms with Crippen LogP contribution in [-0.2, 0) is 4.74 Å². The third-order valence-corrected chi connectivity index (χ3v) is 7.22. The molecule has 0 aliphatic carbocycles. The third kappa shape index (κ3) is 4.90. The Morgan fingerprint density at radius 1 is 1.24 bits per heavy atom. The van der Waals surface area contributed by atoms with Crippen molar-refractivity contribution in [1.82, 2.24) is 15.2 Å². The van der Waals surface area contributed by atoms with Crippen molar-refractivity contribution in [3.8, 4) is 17.0 Å². The lowest BCUT2D eigenvalue weighted by atomic mass is 9.98. The van der Waals surface area contributed by atoms with Gasteiger partial charge in [-0.05, 0) is 61.4 Å². The van der Waals surface area contributed by atoms with Gasteiger partial charge in [-0.15, -0.1) is 0 Å². The van der Waals surface area contributed by atoms with Crippen LogP contribution in [0.1, 0.15) is 43.7 Å². The predicted molar refractivity (Wildman–Crippen MR) is 142 cm³/mol. The Bertz CT molecular complexity index is 1380. The summed E-state index contributed by atoms with van der Waals surface area (Å²) < 4.78 is 36.4. The molecule has 2 bridgehead atoms. The fraction of sp³-hybridized carbons (Fsp3) is 0.379. The van der Waals surface area contributed by atoms with Gasteiger partial charge in [0.15, 0.2) is 5.82 Å². The number of pyridine rings is 1. The number of benzene rings is 2. The highest BCUT2D eigenvalue weighted by Crippen LogP contribution is 2.36. The van der Waals surface area contributed by atoms with Crippen LogP contribution >= 0.6 is 0 Å². The van der Waals surface area contributed by atoms with E-state index in [0.29, 0.717) is 40.3 Å². The van der Waals surface area contributed by atoms with Gasteiger partial charge >= 0.3 is 0 Å². The average molecular weight is 507 g/mol. The van der Waals surface area contributed by atoms with Crippen molar-refractivity contribution in [3.63, 3.8) is 0 Å². The molecule has 2 aliphatic heterocycles. The summed E-state index contributed by atoms with van der Waals surface area (Å²) in [5.41, 5.74) is 1.11. The number of hydrogen-bond donors (Lipinski definition) is 2. The number of likely N-dealkylation sites (tertiary alicyclic amines) is 1. The van der Waals surface area contributed by atoms with E-state index >= 15 is 4.39 Å². The first kappa shape index (κ1) is 25.1. The number of fused-ring (bicyclic) bond motifs is 3. The van der Waals surface area contributed by atoms with Gasteiger partial charge in [-0.25, -0.2) is 8.78 Å². The van der Waals surface area contributed by atoms with Crippen LogP contribution in [0.3, 0.4) is 0 Å². The number of nitrogens with one attached hydrogen (secondary N) is 1. The molecule has 5 rings (SSSR count). The fourth-order valence-corrected chi connectivity index (χ4v) is 5.36. The Labute approximate surface area is 215 Å². The minimum Gasteiger partial charge on any atom is -0.508 e. The SMILES string of the molecule is CCC/C=C(/N=C(\c1cnc(-c2cc(O)cc3cccc(F)c23)c(F)c1C)N1CC2CCC(C1)N2)OC. The zero-order valence-electron chi connectivity index (χ0n) is 21.4. The molecule has 2 atom stereocenters. The number of aromatic nitrogens is 1. The van der Waals surface area contributed by atoms with Crippen molar-refractivity contribution in [2.75, 3.05) is 20.2 Å². The molecule has 2 aliphatic rings. The highest BCUT2D eigenvalue weighted by atomic mass is 19.1. The summed E-state index contributed by atoms with van der Waals surface area (Å²) in [6, 6.07) is 8.08. The molecule has 37 heavy (non-hydrogen) atoms. The van der Waals surface area contributed by atoms with Crippen LogP contribution in [0.4, 0.5) is 8.78 Å². The number of aliphatic imine (C=N–C) groups is 1. The molecule has 0 amide bonds. The molecule has 2 fully saturated rings. The van der Waals surface area contributed by atoms with Gasteiger partial charge in [0.05, 0.1) is 7.11 Å². The zero-order chi connectivity index (χ0) is 26.1. The molecule has 2 N–H and O–H groups in total. The Hall–Kier alpha value is -3.52. The largest absolute Gasteiger partial charge is 0.508 e. The van der Waals surface area contributed by atoms with Crippen LogP contribution in [0.15, 0.2) is 53.5 Å². The molecule has 3 heterocycles. The van der Waals surface area contributed by atoms with Crippen LogP contribution in [0.5, 0.6) is 5.75 Å². The maximum Gasteiger partial charge on any atom is 0.210 e. The summed E-state index contributed by atoms with van der Waals surface area (Å²) >= 11 is 0. The number of allylic oxidation sites excluding steroid dienone is 1. The minimum absolute atomic E-state index is 0.0135. The normalized spacial score (nSPS) is 20.1. The number of aromatic hydroxyl groups is 1. The van der Waals surface area contributed by atoms with E-state index in [2.05, 4.69) is 22.1 Å². The first-order valence-corrected chi connectivity index (χ1v) is 12.8. The molecule has 8 heteroatoms. The van der Waals surface area contributed by atoms with Crippen molar-refractivity contribution in [2.24, 2.45) is 4.99 Å². The highest BCUT2D eigenvalue weighted by molar-refractivity contribution is 6.02. The summed E-state index contributed by atoms with van der Waals surface area (Å²) in [6.45, 7) is 5.28. The second kappa shape index (κ2) is 10.5. The van der Waals surface area contributed by atoms with Crippen LogP contribution in [-0.4, -0.2) is 53.1 Å². The number of ether oxygens (including phenoxy) is 1. The number of piperazine rings is 1. The van der Waals surface area contributed by atoms with Gasteiger partial charge in [-0.3, -0.25) is 4.98 Å². The van der Waals surface area contributed by atoms with E-state index in [0.717, 1.165) is 38.8 Å². The van der Waals surface area contributed by atoms with Gasteiger partial charge < -0.3 is 20.1 Å². The molecular formula is C29H32F2N4O2. The van der Waals surface area contributed by atoms with Gasteiger partial charge in [0.2, 0.25) is 5.88 Å². The topological polar surface area (TPSA) is 70.0 Å². The Morgan fingerprint density at radius 2 is 2.00 bits per heavy atom. The van der Waals surface area contributed by atoms with Crippen molar-refractivity contribution in [2.45, 2.75) is 51.6 Å². The number of hydrogen-bond acceptors (Lipinski definition) is 5. The second-order valence-electron chi connectivity index (χ2n) is 9.80. The van der Waals surface area contributed by atoms with Gasteiger partial charge in [-0.1, -0.05) is 25.5 Å². The summed E-state index contributed by atoms with van der Waals surface area (Å²) in [5, 5.41) is 14.6. The fourth-order valence-electron chi connectivity index (χ4n) is 5.36. The highest BCUT2D eigenvalue weighted by Gasteiger charge is 2.35. The molecule has 2 saturated heterocycles. The first-order chi connectivity index (χ1) is 17.9. The van der Waals surface area contributed by atoms with Crippen molar-refractivity contribution < 1.29 is 18.6 Å². The smallest absolute Gasteiger partial charge is 0.210 e. The van der Waals surface area contributed by atoms with E-state index in [-0.39, 0.29) is 22.4 Å². The molecule has 0 spiro atoms. The predicted octanol–water partition coefficient (Wildman–Crippen LogP) is 5.66. The molecule has 2 unspecified atom stereocenters. The second-order valence-corrected chi connectivity index (χ2v) is 9.80. The zero-order valence-corrected chi connectivity index (χ0v) is 21.4. The monoisotopic (exact) mass is 506 g/mol. The quantitative estimate of drug-likeness (QED) is 0.256. The van der Waals surface area contributed by atoms with Crippen LogP contribution < -0.4 is 5.32 Å². The lowest BCUT2D eigenvalue weighted by Gasteiger charge is -2.35. The van der Waals surface area contributed by atoms with Crippen molar-refractivity contribution in [1.29, 1.82) is 0 Å². The summed E-state index contributed by atoms with van der Waals surface area (Å²) in [7, 11) is 1.58. The maximum atomic E-state index is 16.1. The standard InChI is InChI=1S/C29H32F2N4O2/c1-4-5-9-25(37-3)34-29(35-15-19-10-11-20(16-35)33-19)23-14-32-28(27(31)17(23)2)22-13-21(36)12-18-7-6-8-24(30)26(18)22/h6-9,12-14,19-20,33,36H,4-5,10-11,15-16H2,1-3H3/b25-9-,34-29+. The number of rotatable bonds is 6. The Balaban J connectivity index is 1.64. The average Bonchev–Trinajstić information content (AvgIpc) is 3.23. The van der Waals surface area contributed by atoms with E-state index in [9.17, 15) is 9.50 Å². The molecule has 6 nitrogen and oxygen atoms in total. The number of nitrogens with zero attached hydrogens (tertiary/aromatic N) is 3. The lowest BCUT2D eigenvalue weighted by molar-refractivity contribution is 0.273. The molecule has 1 aromatic heterocycles. The van der Waals surface area contributed by atoms with Gasteiger partial charge in [0.25, 0.3) is 0 Å². The van der Waals surface area contributed by atoms with Crippen molar-refractivity contribution >= 4 is 16.6 Å². The lowest BCUT2D eigenvalue weighted by Crippen LogP contribution is -2.53. The summed E-state index contributed by atoms with van der Waals surface area (Å²) in [5.74, 6) is -0.0623. The first-order valence-electron chi connectivity index (χ1n) is 12.8. The number of phenols is 1. The van der Waals surface area contributed by atoms with Gasteiger partial charge in [0.1, 0.15) is 23.1 Å². The Kier molecular flexibility index (Phi) is 7.11. The minimum atomic E-state index is -0.574. The van der Waals surface area contributed by atoms with E-state index in [1.807, 2.05) is 6.08 Å². The number of amidine groups is 1. The van der Waals surface area contributed by atoms with E-state index in [1.165, 1.54) is 18.2 Å². The molecule has 2 aromatic carbocycles. The van der Waals surface area contributed by atoms with Gasteiger partial charge in [0, 0.05) is 47.9 Å². The summed E-state index contributed by atoms with van der Waals surface area (Å²) in [4.78, 5) is 11.5. The van der Waals surface area contributed by atoms with Crippen LogP contribution in [0.2, 0.25) is 0 Å². The number of unbranched alkanes of at least 4 members (excludes halogenated alkanes) is 1.